The molecule has 7 heteroatoms. The molecule has 1 saturated heterocycles. The minimum Gasteiger partial charge on any atom is -0.370 e. The topological polar surface area (TPSA) is 92.0 Å². The first-order valence-electron chi connectivity index (χ1n) is 9.27. The first-order chi connectivity index (χ1) is 12.7. The lowest BCUT2D eigenvalue weighted by Crippen LogP contribution is -2.35. The largest absolute Gasteiger partial charge is 0.370 e. The standard InChI is InChI=1S/C20H23N5O.ClH/c21-20(22)25-13-3-6-17(25)19-23-18(24-26-19)16-11-9-15(10-12-16)8-7-14-4-1-2-5-14;/h9-12,14,17H,1-6,13H2,(H3,21,22);1H/t17-;/m0./s1. The minimum atomic E-state index is -0.0923. The number of nitrogens with one attached hydrogen (secondary N) is 1. The minimum absolute atomic E-state index is 0. The van der Waals surface area contributed by atoms with Gasteiger partial charge in [-0.05, 0) is 49.9 Å². The van der Waals surface area contributed by atoms with Gasteiger partial charge in [-0.1, -0.05) is 29.8 Å². The van der Waals surface area contributed by atoms with Crippen molar-refractivity contribution in [1.29, 1.82) is 5.41 Å². The molecule has 4 rings (SSSR count). The second-order valence-corrected chi connectivity index (χ2v) is 7.02. The highest BCUT2D eigenvalue weighted by Gasteiger charge is 2.31. The highest BCUT2D eigenvalue weighted by molar-refractivity contribution is 5.85. The SMILES string of the molecule is Cl.N=C(N)N1CCC[C@H]1c1nc(-c2ccc(C#CC3CCCC3)cc2)no1. The van der Waals surface area contributed by atoms with E-state index in [2.05, 4.69) is 22.0 Å². The molecule has 0 amide bonds. The summed E-state index contributed by atoms with van der Waals surface area (Å²) in [5.41, 5.74) is 7.56. The molecule has 0 spiro atoms. The van der Waals surface area contributed by atoms with Gasteiger partial charge in [0.25, 0.3) is 0 Å². The maximum absolute atomic E-state index is 7.67. The molecule has 1 aromatic carbocycles. The average Bonchev–Trinajstić information content (AvgIpc) is 3.41. The van der Waals surface area contributed by atoms with Crippen LogP contribution in [0.15, 0.2) is 28.8 Å². The van der Waals surface area contributed by atoms with E-state index in [4.69, 9.17) is 15.7 Å². The Balaban J connectivity index is 0.00000210. The summed E-state index contributed by atoms with van der Waals surface area (Å²) in [5, 5.41) is 11.8. The number of aromatic nitrogens is 2. The van der Waals surface area contributed by atoms with Crippen LogP contribution in [0.25, 0.3) is 11.4 Å². The molecule has 27 heavy (non-hydrogen) atoms. The van der Waals surface area contributed by atoms with Gasteiger partial charge in [-0.3, -0.25) is 5.41 Å². The van der Waals surface area contributed by atoms with Gasteiger partial charge < -0.3 is 15.2 Å². The zero-order valence-corrected chi connectivity index (χ0v) is 16.0. The Bertz CT molecular complexity index is 845. The fourth-order valence-corrected chi connectivity index (χ4v) is 3.76. The number of benzene rings is 1. The monoisotopic (exact) mass is 385 g/mol. The second-order valence-electron chi connectivity index (χ2n) is 7.02. The molecule has 1 aliphatic heterocycles. The highest BCUT2D eigenvalue weighted by atomic mass is 35.5. The van der Waals surface area contributed by atoms with Gasteiger partial charge in [0.05, 0.1) is 0 Å². The van der Waals surface area contributed by atoms with Crippen molar-refractivity contribution < 1.29 is 4.52 Å². The van der Waals surface area contributed by atoms with Crippen molar-refractivity contribution in [3.63, 3.8) is 0 Å². The number of hydrogen-bond acceptors (Lipinski definition) is 4. The lowest BCUT2D eigenvalue weighted by molar-refractivity contribution is 0.283. The number of hydrogen-bond donors (Lipinski definition) is 2. The lowest BCUT2D eigenvalue weighted by atomic mass is 10.1. The number of nitrogens with two attached hydrogens (primary N) is 1. The molecule has 2 heterocycles. The molecule has 2 aromatic rings. The summed E-state index contributed by atoms with van der Waals surface area (Å²) in [6.45, 7) is 0.756. The van der Waals surface area contributed by atoms with E-state index in [0.717, 1.165) is 30.5 Å². The van der Waals surface area contributed by atoms with Crippen LogP contribution >= 0.6 is 12.4 Å². The van der Waals surface area contributed by atoms with E-state index in [0.29, 0.717) is 17.6 Å². The molecule has 142 valence electrons. The van der Waals surface area contributed by atoms with E-state index >= 15 is 0 Å². The first-order valence-corrected chi connectivity index (χ1v) is 9.27. The molecule has 6 nitrogen and oxygen atoms in total. The van der Waals surface area contributed by atoms with Crippen molar-refractivity contribution in [1.82, 2.24) is 15.0 Å². The lowest BCUT2D eigenvalue weighted by Gasteiger charge is -2.21. The molecular weight excluding hydrogens is 362 g/mol. The Labute approximate surface area is 165 Å². The van der Waals surface area contributed by atoms with Gasteiger partial charge in [0.2, 0.25) is 11.7 Å². The highest BCUT2D eigenvalue weighted by Crippen LogP contribution is 2.31. The van der Waals surface area contributed by atoms with Crippen LogP contribution < -0.4 is 5.73 Å². The van der Waals surface area contributed by atoms with E-state index in [-0.39, 0.29) is 24.4 Å². The van der Waals surface area contributed by atoms with Crippen LogP contribution in [0.2, 0.25) is 0 Å². The third-order valence-electron chi connectivity index (χ3n) is 5.21. The Kier molecular flexibility index (Phi) is 6.02. The van der Waals surface area contributed by atoms with E-state index in [1.54, 1.807) is 4.90 Å². The van der Waals surface area contributed by atoms with Crippen molar-refractivity contribution in [2.45, 2.75) is 44.6 Å². The molecule has 2 fully saturated rings. The van der Waals surface area contributed by atoms with E-state index in [9.17, 15) is 0 Å². The quantitative estimate of drug-likeness (QED) is 0.466. The molecular formula is C20H24ClN5O. The van der Waals surface area contributed by atoms with E-state index in [1.165, 1.54) is 25.7 Å². The second kappa shape index (κ2) is 8.45. The Morgan fingerprint density at radius 2 is 1.89 bits per heavy atom. The van der Waals surface area contributed by atoms with Gasteiger partial charge in [-0.2, -0.15) is 4.98 Å². The van der Waals surface area contributed by atoms with Crippen molar-refractivity contribution in [3.05, 3.63) is 35.7 Å². The summed E-state index contributed by atoms with van der Waals surface area (Å²) in [7, 11) is 0. The fourth-order valence-electron chi connectivity index (χ4n) is 3.76. The summed E-state index contributed by atoms with van der Waals surface area (Å²) < 4.78 is 5.45. The molecule has 3 N–H and O–H groups in total. The van der Waals surface area contributed by atoms with Gasteiger partial charge >= 0.3 is 0 Å². The van der Waals surface area contributed by atoms with E-state index < -0.39 is 0 Å². The van der Waals surface area contributed by atoms with Crippen molar-refractivity contribution in [3.8, 4) is 23.2 Å². The maximum atomic E-state index is 7.67. The van der Waals surface area contributed by atoms with Crippen LogP contribution in [0.1, 0.15) is 56.0 Å². The predicted molar refractivity (Wildman–Crippen MR) is 106 cm³/mol. The predicted octanol–water partition coefficient (Wildman–Crippen LogP) is 3.73. The van der Waals surface area contributed by atoms with Crippen LogP contribution in [-0.2, 0) is 0 Å². The van der Waals surface area contributed by atoms with Crippen molar-refractivity contribution in [2.24, 2.45) is 11.7 Å². The third-order valence-corrected chi connectivity index (χ3v) is 5.21. The molecule has 1 atom stereocenters. The maximum Gasteiger partial charge on any atom is 0.249 e. The first kappa shape index (κ1) is 19.2. The molecule has 0 unspecified atom stereocenters. The van der Waals surface area contributed by atoms with Gasteiger partial charge in [0.1, 0.15) is 6.04 Å². The molecule has 2 aliphatic rings. The number of halogens is 1. The van der Waals surface area contributed by atoms with Gasteiger partial charge in [-0.15, -0.1) is 12.4 Å². The van der Waals surface area contributed by atoms with Crippen LogP contribution in [0.3, 0.4) is 0 Å². The average molecular weight is 386 g/mol. The molecule has 1 aliphatic carbocycles. The van der Waals surface area contributed by atoms with Gasteiger partial charge in [0, 0.05) is 23.6 Å². The summed E-state index contributed by atoms with van der Waals surface area (Å²) in [6.07, 6.45) is 6.92. The zero-order chi connectivity index (χ0) is 17.9. The Hall–Kier alpha value is -2.52. The number of guanidine groups is 1. The summed E-state index contributed by atoms with van der Waals surface area (Å²) in [6, 6.07) is 7.87. The Morgan fingerprint density at radius 1 is 1.15 bits per heavy atom. The summed E-state index contributed by atoms with van der Waals surface area (Å²) in [4.78, 5) is 6.33. The van der Waals surface area contributed by atoms with Crippen LogP contribution in [0, 0.1) is 23.2 Å². The molecule has 1 aromatic heterocycles. The van der Waals surface area contributed by atoms with Crippen LogP contribution in [-0.4, -0.2) is 27.5 Å². The fraction of sp³-hybridized carbons (Fsp3) is 0.450. The summed E-state index contributed by atoms with van der Waals surface area (Å²) in [5.74, 6) is 8.35. The van der Waals surface area contributed by atoms with Gasteiger partial charge in [0.15, 0.2) is 5.96 Å². The van der Waals surface area contributed by atoms with Crippen molar-refractivity contribution >= 4 is 18.4 Å². The zero-order valence-electron chi connectivity index (χ0n) is 15.1. The number of likely N-dealkylation sites (tertiary alicyclic amines) is 1. The number of nitrogens with zero attached hydrogens (tertiary/aromatic N) is 3. The Morgan fingerprint density at radius 3 is 2.59 bits per heavy atom. The molecule has 0 radical (unpaired) electrons. The van der Waals surface area contributed by atoms with Crippen LogP contribution in [0.4, 0.5) is 0 Å². The van der Waals surface area contributed by atoms with E-state index in [1.807, 2.05) is 24.3 Å². The van der Waals surface area contributed by atoms with Gasteiger partial charge in [-0.25, -0.2) is 0 Å². The molecule has 1 saturated carbocycles. The molecule has 0 bridgehead atoms. The third kappa shape index (κ3) is 4.25. The number of rotatable bonds is 2. The van der Waals surface area contributed by atoms with Crippen molar-refractivity contribution in [2.75, 3.05) is 6.54 Å². The van der Waals surface area contributed by atoms with Crippen LogP contribution in [0.5, 0.6) is 0 Å². The summed E-state index contributed by atoms with van der Waals surface area (Å²) >= 11 is 0. The smallest absolute Gasteiger partial charge is 0.249 e. The normalized spacial score (nSPS) is 19.4.